The van der Waals surface area contributed by atoms with Crippen LogP contribution in [0.5, 0.6) is 0 Å². The summed E-state index contributed by atoms with van der Waals surface area (Å²) in [6, 6.07) is 0. The fourth-order valence-electron chi connectivity index (χ4n) is 0.350. The fraction of sp³-hybridized carbons (Fsp3) is 0.333. The Labute approximate surface area is 63.6 Å². The average Bonchev–Trinajstić information content (AvgIpc) is 2.04. The molecule has 0 amide bonds. The number of hydrogen-bond donors (Lipinski definition) is 1. The predicted molar refractivity (Wildman–Crippen MR) is 47.3 cm³/mol. The Morgan fingerprint density at radius 1 is 1.50 bits per heavy atom. The van der Waals surface area contributed by atoms with Gasteiger partial charge < -0.3 is 5.73 Å². The van der Waals surface area contributed by atoms with E-state index in [-0.39, 0.29) is 0 Å². The molecular weight excluding hydrogens is 122 g/mol. The fourth-order valence-corrected chi connectivity index (χ4v) is 0.350. The second-order valence-corrected chi connectivity index (χ2v) is 1.60. The molecule has 0 bridgehead atoms. The zero-order valence-electron chi connectivity index (χ0n) is 6.67. The Morgan fingerprint density at radius 2 is 2.00 bits per heavy atom. The standard InChI is InChI=1S/C7H13N.C2H2/c1-3-5-6-7(8)4-2;1-2/h4-6H,3,8H2,1-2H3;1-2H/b6-5-,7-4+;. The molecule has 56 valence electrons. The summed E-state index contributed by atoms with van der Waals surface area (Å²) in [6.45, 7) is 4.01. The van der Waals surface area contributed by atoms with Gasteiger partial charge in [-0.25, -0.2) is 0 Å². The van der Waals surface area contributed by atoms with E-state index in [0.717, 1.165) is 12.1 Å². The first-order valence-corrected chi connectivity index (χ1v) is 3.23. The minimum atomic E-state index is 0.840. The summed E-state index contributed by atoms with van der Waals surface area (Å²) in [5, 5.41) is 0. The molecule has 0 unspecified atom stereocenters. The van der Waals surface area contributed by atoms with E-state index < -0.39 is 0 Å². The van der Waals surface area contributed by atoms with Crippen LogP contribution < -0.4 is 5.73 Å². The lowest BCUT2D eigenvalue weighted by molar-refractivity contribution is 1.21. The van der Waals surface area contributed by atoms with Gasteiger partial charge in [-0.05, 0) is 19.4 Å². The van der Waals surface area contributed by atoms with Gasteiger partial charge in [0, 0.05) is 5.70 Å². The predicted octanol–water partition coefficient (Wildman–Crippen LogP) is 2.06. The van der Waals surface area contributed by atoms with E-state index in [0.29, 0.717) is 0 Å². The first-order valence-electron chi connectivity index (χ1n) is 3.23. The second kappa shape index (κ2) is 10.8. The molecule has 2 N–H and O–H groups in total. The SMILES string of the molecule is C#C.C/C=C(N)\C=C/CC. The molecule has 0 aromatic heterocycles. The molecule has 10 heavy (non-hydrogen) atoms. The molecule has 0 aliphatic rings. The van der Waals surface area contributed by atoms with Gasteiger partial charge in [0.05, 0.1) is 0 Å². The second-order valence-electron chi connectivity index (χ2n) is 1.60. The quantitative estimate of drug-likeness (QED) is 0.457. The number of allylic oxidation sites excluding steroid dienone is 3. The molecule has 0 spiro atoms. The van der Waals surface area contributed by atoms with Crippen LogP contribution in [0.1, 0.15) is 20.3 Å². The van der Waals surface area contributed by atoms with Crippen molar-refractivity contribution >= 4 is 0 Å². The Hall–Kier alpha value is -1.16. The summed E-state index contributed by atoms with van der Waals surface area (Å²) in [7, 11) is 0. The van der Waals surface area contributed by atoms with E-state index >= 15 is 0 Å². The molecule has 0 atom stereocenters. The van der Waals surface area contributed by atoms with Gasteiger partial charge in [-0.1, -0.05) is 19.1 Å². The topological polar surface area (TPSA) is 26.0 Å². The first kappa shape index (κ1) is 11.6. The number of nitrogens with two attached hydrogens (primary N) is 1. The van der Waals surface area contributed by atoms with Crippen LogP contribution in [0.25, 0.3) is 0 Å². The van der Waals surface area contributed by atoms with Gasteiger partial charge in [-0.2, -0.15) is 0 Å². The molecule has 0 aliphatic heterocycles. The zero-order chi connectivity index (χ0) is 8.41. The van der Waals surface area contributed by atoms with Gasteiger partial charge in [0.2, 0.25) is 0 Å². The highest BCUT2D eigenvalue weighted by Gasteiger charge is 1.72. The van der Waals surface area contributed by atoms with E-state index in [1.807, 2.05) is 25.2 Å². The lowest BCUT2D eigenvalue weighted by Gasteiger charge is -1.85. The first-order chi connectivity index (χ1) is 4.81. The zero-order valence-corrected chi connectivity index (χ0v) is 6.67. The highest BCUT2D eigenvalue weighted by molar-refractivity contribution is 5.12. The smallest absolute Gasteiger partial charge is 0.0267 e. The van der Waals surface area contributed by atoms with Crippen LogP contribution in [0.2, 0.25) is 0 Å². The van der Waals surface area contributed by atoms with Crippen molar-refractivity contribution in [2.75, 3.05) is 0 Å². The van der Waals surface area contributed by atoms with E-state index in [9.17, 15) is 0 Å². The summed E-state index contributed by atoms with van der Waals surface area (Å²) < 4.78 is 0. The van der Waals surface area contributed by atoms with E-state index in [2.05, 4.69) is 19.8 Å². The highest BCUT2D eigenvalue weighted by atomic mass is 14.5. The third kappa shape index (κ3) is 9.96. The number of terminal acetylenes is 1. The van der Waals surface area contributed by atoms with E-state index in [4.69, 9.17) is 5.73 Å². The number of hydrogen-bond acceptors (Lipinski definition) is 1. The Bertz CT molecular complexity index is 129. The van der Waals surface area contributed by atoms with Crippen LogP contribution in [0.4, 0.5) is 0 Å². The van der Waals surface area contributed by atoms with E-state index in [1.165, 1.54) is 0 Å². The van der Waals surface area contributed by atoms with Crippen molar-refractivity contribution in [3.05, 3.63) is 23.9 Å². The molecule has 0 aliphatic carbocycles. The van der Waals surface area contributed by atoms with Crippen molar-refractivity contribution in [3.8, 4) is 12.8 Å². The average molecular weight is 137 g/mol. The summed E-state index contributed by atoms with van der Waals surface area (Å²) in [5.74, 6) is 0. The monoisotopic (exact) mass is 137 g/mol. The van der Waals surface area contributed by atoms with Crippen molar-refractivity contribution in [2.45, 2.75) is 20.3 Å². The molecule has 0 aromatic rings. The Morgan fingerprint density at radius 3 is 2.30 bits per heavy atom. The van der Waals surface area contributed by atoms with Crippen LogP contribution in [0.3, 0.4) is 0 Å². The maximum atomic E-state index is 5.43. The molecule has 0 aromatic carbocycles. The van der Waals surface area contributed by atoms with Crippen molar-refractivity contribution in [3.63, 3.8) is 0 Å². The van der Waals surface area contributed by atoms with E-state index in [1.54, 1.807) is 0 Å². The van der Waals surface area contributed by atoms with Crippen LogP contribution in [0, 0.1) is 12.8 Å². The molecule has 0 heterocycles. The Balaban J connectivity index is 0. The highest BCUT2D eigenvalue weighted by Crippen LogP contribution is 1.86. The third-order valence-electron chi connectivity index (χ3n) is 0.879. The van der Waals surface area contributed by atoms with Gasteiger partial charge in [0.25, 0.3) is 0 Å². The summed E-state index contributed by atoms with van der Waals surface area (Å²) in [6.07, 6.45) is 14.9. The molecule has 0 saturated carbocycles. The van der Waals surface area contributed by atoms with Crippen LogP contribution >= 0.6 is 0 Å². The normalized spacial score (nSPS) is 10.6. The maximum Gasteiger partial charge on any atom is 0.0267 e. The molecule has 0 rings (SSSR count). The minimum Gasteiger partial charge on any atom is -0.399 e. The molecule has 0 fully saturated rings. The molecule has 0 radical (unpaired) electrons. The summed E-state index contributed by atoms with van der Waals surface area (Å²) in [5.41, 5.74) is 6.27. The van der Waals surface area contributed by atoms with Gasteiger partial charge in [-0.3, -0.25) is 0 Å². The van der Waals surface area contributed by atoms with Gasteiger partial charge in [0.1, 0.15) is 0 Å². The molecular formula is C9H15N. The summed E-state index contributed by atoms with van der Waals surface area (Å²) in [4.78, 5) is 0. The van der Waals surface area contributed by atoms with Crippen LogP contribution in [-0.4, -0.2) is 0 Å². The lowest BCUT2D eigenvalue weighted by atomic mass is 10.3. The van der Waals surface area contributed by atoms with Crippen molar-refractivity contribution in [1.29, 1.82) is 0 Å². The van der Waals surface area contributed by atoms with Crippen molar-refractivity contribution in [1.82, 2.24) is 0 Å². The molecule has 1 nitrogen and oxygen atoms in total. The third-order valence-corrected chi connectivity index (χ3v) is 0.879. The van der Waals surface area contributed by atoms with Gasteiger partial charge in [-0.15, -0.1) is 12.8 Å². The largest absolute Gasteiger partial charge is 0.399 e. The van der Waals surface area contributed by atoms with Crippen LogP contribution in [0.15, 0.2) is 23.9 Å². The molecule has 0 saturated heterocycles. The summed E-state index contributed by atoms with van der Waals surface area (Å²) >= 11 is 0. The van der Waals surface area contributed by atoms with Crippen molar-refractivity contribution in [2.24, 2.45) is 5.73 Å². The minimum absolute atomic E-state index is 0.840. The van der Waals surface area contributed by atoms with Gasteiger partial charge in [0.15, 0.2) is 0 Å². The lowest BCUT2D eigenvalue weighted by Crippen LogP contribution is -1.89. The maximum absolute atomic E-state index is 5.43. The Kier molecular flexibility index (Phi) is 12.5. The number of rotatable bonds is 2. The molecule has 1 heteroatoms. The van der Waals surface area contributed by atoms with Crippen molar-refractivity contribution < 1.29 is 0 Å². The van der Waals surface area contributed by atoms with Gasteiger partial charge >= 0.3 is 0 Å². The van der Waals surface area contributed by atoms with Crippen LogP contribution in [-0.2, 0) is 0 Å².